The summed E-state index contributed by atoms with van der Waals surface area (Å²) < 4.78 is 6.25. The number of hydrogen-bond donors (Lipinski definition) is 1. The second kappa shape index (κ2) is 7.73. The fourth-order valence-electron chi connectivity index (χ4n) is 12.5. The molecule has 0 saturated heterocycles. The Morgan fingerprint density at radius 1 is 0.800 bits per heavy atom. The summed E-state index contributed by atoms with van der Waals surface area (Å²) in [4.78, 5) is 12.4. The summed E-state index contributed by atoms with van der Waals surface area (Å²) in [5.41, 5.74) is 0.674. The van der Waals surface area contributed by atoms with E-state index in [1.807, 2.05) is 13.8 Å². The van der Waals surface area contributed by atoms with Crippen molar-refractivity contribution in [2.75, 3.05) is 0 Å². The zero-order valence-electron chi connectivity index (χ0n) is 24.3. The highest BCUT2D eigenvalue weighted by Crippen LogP contribution is 2.78. The van der Waals surface area contributed by atoms with Gasteiger partial charge in [0.15, 0.2) is 0 Å². The molecule has 3 nitrogen and oxygen atoms in total. The van der Waals surface area contributed by atoms with Gasteiger partial charge in [0.1, 0.15) is 6.10 Å². The highest BCUT2D eigenvalue weighted by atomic mass is 16.5. The molecule has 0 aromatic rings. The van der Waals surface area contributed by atoms with E-state index in [0.29, 0.717) is 16.7 Å². The predicted molar refractivity (Wildman–Crippen MR) is 142 cm³/mol. The van der Waals surface area contributed by atoms with Crippen LogP contribution in [0.5, 0.6) is 0 Å². The largest absolute Gasteiger partial charge is 0.462 e. The number of carbonyl (C=O) groups excluding carboxylic acids is 1. The van der Waals surface area contributed by atoms with Crippen molar-refractivity contribution < 1.29 is 14.6 Å². The fourth-order valence-corrected chi connectivity index (χ4v) is 12.5. The summed E-state index contributed by atoms with van der Waals surface area (Å²) in [5, 5.41) is 11.2. The molecule has 10 atom stereocenters. The first-order valence-corrected chi connectivity index (χ1v) is 14.9. The molecular formula is C32H54O3. The number of fused-ring (bicyclic) bond motifs is 7. The Balaban J connectivity index is 1.58. The van der Waals surface area contributed by atoms with Crippen LogP contribution >= 0.6 is 0 Å². The van der Waals surface area contributed by atoms with E-state index in [0.717, 1.165) is 31.1 Å². The number of hydrogen-bond acceptors (Lipinski definition) is 3. The minimum absolute atomic E-state index is 0.0819. The molecule has 1 N–H and O–H groups in total. The van der Waals surface area contributed by atoms with Crippen LogP contribution in [-0.4, -0.2) is 22.8 Å². The van der Waals surface area contributed by atoms with Gasteiger partial charge in [-0.25, -0.2) is 0 Å². The van der Waals surface area contributed by atoms with Gasteiger partial charge < -0.3 is 9.84 Å². The molecule has 0 aromatic heterocycles. The summed E-state index contributed by atoms with van der Waals surface area (Å²) in [6.07, 6.45) is 12.5. The molecule has 0 spiro atoms. The predicted octanol–water partition coefficient (Wildman–Crippen LogP) is 7.79. The highest BCUT2D eigenvalue weighted by molar-refractivity contribution is 5.66. The monoisotopic (exact) mass is 486 g/mol. The minimum atomic E-state index is -0.741. The molecule has 3 heteroatoms. The summed E-state index contributed by atoms with van der Waals surface area (Å²) in [7, 11) is 0. The first-order chi connectivity index (χ1) is 16.0. The van der Waals surface area contributed by atoms with Crippen LogP contribution in [0.1, 0.15) is 127 Å². The van der Waals surface area contributed by atoms with Crippen molar-refractivity contribution in [3.05, 3.63) is 0 Å². The zero-order chi connectivity index (χ0) is 25.8. The van der Waals surface area contributed by atoms with Gasteiger partial charge in [0.2, 0.25) is 0 Å². The van der Waals surface area contributed by atoms with Crippen molar-refractivity contribution in [3.8, 4) is 0 Å². The van der Waals surface area contributed by atoms with Gasteiger partial charge >= 0.3 is 5.97 Å². The SMILES string of the molecule is CC(=O)OC1CC2(C)C(CCC3C4(C)CCCC(C)(C)C4CCC32C)C2(C)CCC(C(C)(C)O)C12. The average molecular weight is 487 g/mol. The lowest BCUT2D eigenvalue weighted by Gasteiger charge is -2.73. The van der Waals surface area contributed by atoms with Crippen molar-refractivity contribution in [3.63, 3.8) is 0 Å². The molecule has 5 saturated carbocycles. The van der Waals surface area contributed by atoms with Gasteiger partial charge in [0.25, 0.3) is 0 Å². The number of rotatable bonds is 2. The molecule has 35 heavy (non-hydrogen) atoms. The molecule has 5 fully saturated rings. The van der Waals surface area contributed by atoms with Gasteiger partial charge in [-0.1, -0.05) is 48.0 Å². The van der Waals surface area contributed by atoms with Crippen molar-refractivity contribution in [1.29, 1.82) is 0 Å². The van der Waals surface area contributed by atoms with E-state index in [4.69, 9.17) is 4.74 Å². The van der Waals surface area contributed by atoms with Crippen molar-refractivity contribution in [2.45, 2.75) is 138 Å². The van der Waals surface area contributed by atoms with Gasteiger partial charge in [0, 0.05) is 12.8 Å². The molecule has 10 unspecified atom stereocenters. The Morgan fingerprint density at radius 3 is 2.03 bits per heavy atom. The lowest BCUT2D eigenvalue weighted by molar-refractivity contribution is -0.263. The van der Waals surface area contributed by atoms with Crippen LogP contribution in [0.3, 0.4) is 0 Å². The third-order valence-corrected chi connectivity index (χ3v) is 13.8. The van der Waals surface area contributed by atoms with Crippen molar-refractivity contribution >= 4 is 5.97 Å². The van der Waals surface area contributed by atoms with Gasteiger partial charge in [-0.2, -0.15) is 0 Å². The topological polar surface area (TPSA) is 46.5 Å². The molecule has 0 aromatic carbocycles. The Hall–Kier alpha value is -0.570. The van der Waals surface area contributed by atoms with Crippen LogP contribution < -0.4 is 0 Å². The summed E-state index contributed by atoms with van der Waals surface area (Å²) in [6, 6.07) is 0. The molecule has 5 rings (SSSR count). The van der Waals surface area contributed by atoms with Crippen LogP contribution in [0.15, 0.2) is 0 Å². The lowest BCUT2D eigenvalue weighted by atomic mass is 9.31. The van der Waals surface area contributed by atoms with Crippen LogP contribution in [0.4, 0.5) is 0 Å². The molecular weight excluding hydrogens is 432 g/mol. The van der Waals surface area contributed by atoms with E-state index in [-0.39, 0.29) is 40.2 Å². The normalized spacial score (nSPS) is 53.1. The third-order valence-electron chi connectivity index (χ3n) is 13.8. The summed E-state index contributed by atoms with van der Waals surface area (Å²) in [6.45, 7) is 21.1. The maximum Gasteiger partial charge on any atom is 0.302 e. The molecule has 200 valence electrons. The van der Waals surface area contributed by atoms with E-state index in [1.54, 1.807) is 6.92 Å². The Kier molecular flexibility index (Phi) is 5.76. The molecule has 0 amide bonds. The maximum atomic E-state index is 12.4. The number of aliphatic hydroxyl groups is 1. The van der Waals surface area contributed by atoms with Crippen LogP contribution in [-0.2, 0) is 9.53 Å². The van der Waals surface area contributed by atoms with E-state index < -0.39 is 5.60 Å². The Labute approximate surface area is 215 Å². The van der Waals surface area contributed by atoms with Gasteiger partial charge in [0.05, 0.1) is 5.60 Å². The van der Waals surface area contributed by atoms with E-state index in [2.05, 4.69) is 41.5 Å². The molecule has 5 aliphatic carbocycles. The molecule has 0 bridgehead atoms. The number of carbonyl (C=O) groups is 1. The molecule has 0 radical (unpaired) electrons. The average Bonchev–Trinajstić information content (AvgIpc) is 3.06. The van der Waals surface area contributed by atoms with Gasteiger partial charge in [-0.05, 0) is 122 Å². The lowest BCUT2D eigenvalue weighted by Crippen LogP contribution is -2.68. The van der Waals surface area contributed by atoms with Gasteiger partial charge in [-0.15, -0.1) is 0 Å². The van der Waals surface area contributed by atoms with E-state index in [9.17, 15) is 9.90 Å². The maximum absolute atomic E-state index is 12.4. The zero-order valence-corrected chi connectivity index (χ0v) is 24.3. The molecule has 0 heterocycles. The quantitative estimate of drug-likeness (QED) is 0.405. The highest BCUT2D eigenvalue weighted by Gasteiger charge is 2.72. The molecule has 0 aliphatic heterocycles. The van der Waals surface area contributed by atoms with E-state index in [1.165, 1.54) is 44.9 Å². The number of esters is 1. The Morgan fingerprint density at radius 2 is 1.43 bits per heavy atom. The van der Waals surface area contributed by atoms with Gasteiger partial charge in [-0.3, -0.25) is 4.79 Å². The van der Waals surface area contributed by atoms with Crippen LogP contribution in [0.2, 0.25) is 0 Å². The second-order valence-electron chi connectivity index (χ2n) is 16.1. The standard InChI is InChI=1S/C32H54O3/c1-20(33)35-22-19-32(9)25(30(7)17-13-21(26(22)30)28(4,5)34)12-11-24-29(6)16-10-15-27(2,3)23(29)14-18-31(24,32)8/h21-26,34H,10-19H2,1-9H3. The fraction of sp³-hybridized carbons (Fsp3) is 0.969. The third kappa shape index (κ3) is 3.41. The first kappa shape index (κ1) is 26.1. The van der Waals surface area contributed by atoms with Crippen molar-refractivity contribution in [1.82, 2.24) is 0 Å². The van der Waals surface area contributed by atoms with E-state index >= 15 is 0 Å². The number of ether oxygens (including phenoxy) is 1. The van der Waals surface area contributed by atoms with Crippen molar-refractivity contribution in [2.24, 2.45) is 56.7 Å². The minimum Gasteiger partial charge on any atom is -0.462 e. The second-order valence-corrected chi connectivity index (χ2v) is 16.1. The summed E-state index contributed by atoms with van der Waals surface area (Å²) >= 11 is 0. The smallest absolute Gasteiger partial charge is 0.302 e. The molecule has 5 aliphatic rings. The summed E-state index contributed by atoms with van der Waals surface area (Å²) in [5.74, 6) is 2.51. The van der Waals surface area contributed by atoms with Crippen LogP contribution in [0.25, 0.3) is 0 Å². The van der Waals surface area contributed by atoms with Crippen LogP contribution in [0, 0.1) is 56.7 Å². The first-order valence-electron chi connectivity index (χ1n) is 14.9. The Bertz CT molecular complexity index is 871.